The molecule has 0 saturated heterocycles. The van der Waals surface area contributed by atoms with Gasteiger partial charge in [0.25, 0.3) is 0 Å². The van der Waals surface area contributed by atoms with Crippen LogP contribution in [0.25, 0.3) is 11.4 Å². The van der Waals surface area contributed by atoms with Crippen LogP contribution in [0, 0.1) is 5.82 Å². The first-order valence-corrected chi connectivity index (χ1v) is 4.63. The number of anilines is 1. The summed E-state index contributed by atoms with van der Waals surface area (Å²) >= 11 is 0. The minimum absolute atomic E-state index is 0.0241. The fraction of sp³-hybridized carbons (Fsp3) is 0.333. The summed E-state index contributed by atoms with van der Waals surface area (Å²) in [6, 6.07) is 0. The molecule has 2 N–H and O–H groups in total. The molecule has 80 valence electrons. The standard InChI is InChI=1S/C9H12FN5/c1-3-15-4-6(12-5-15)8-7(10)9(11)14(2)13-8/h4-5H,3,11H2,1-2H3. The van der Waals surface area contributed by atoms with Crippen molar-refractivity contribution in [1.29, 1.82) is 0 Å². The van der Waals surface area contributed by atoms with Crippen LogP contribution in [0.4, 0.5) is 10.2 Å². The summed E-state index contributed by atoms with van der Waals surface area (Å²) in [4.78, 5) is 4.06. The minimum Gasteiger partial charge on any atom is -0.381 e. The van der Waals surface area contributed by atoms with Crippen molar-refractivity contribution in [2.45, 2.75) is 13.5 Å². The van der Waals surface area contributed by atoms with Crippen LogP contribution in [0.3, 0.4) is 0 Å². The van der Waals surface area contributed by atoms with E-state index in [4.69, 9.17) is 5.73 Å². The lowest BCUT2D eigenvalue weighted by Crippen LogP contribution is -1.97. The number of nitrogen functional groups attached to an aromatic ring is 1. The lowest BCUT2D eigenvalue weighted by molar-refractivity contribution is 0.633. The molecule has 6 heteroatoms. The van der Waals surface area contributed by atoms with Gasteiger partial charge in [0.05, 0.1) is 6.33 Å². The molecule has 15 heavy (non-hydrogen) atoms. The summed E-state index contributed by atoms with van der Waals surface area (Å²) in [6.45, 7) is 2.77. The van der Waals surface area contributed by atoms with Gasteiger partial charge in [-0.1, -0.05) is 0 Å². The van der Waals surface area contributed by atoms with Gasteiger partial charge < -0.3 is 10.3 Å². The Hall–Kier alpha value is -1.85. The van der Waals surface area contributed by atoms with Gasteiger partial charge in [-0.3, -0.25) is 0 Å². The highest BCUT2D eigenvalue weighted by atomic mass is 19.1. The maximum absolute atomic E-state index is 13.6. The molecular weight excluding hydrogens is 197 g/mol. The number of halogens is 1. The number of hydrogen-bond acceptors (Lipinski definition) is 3. The summed E-state index contributed by atoms with van der Waals surface area (Å²) in [5.74, 6) is -0.491. The zero-order chi connectivity index (χ0) is 11.0. The molecule has 0 aliphatic heterocycles. The van der Waals surface area contributed by atoms with Crippen LogP contribution in [-0.4, -0.2) is 19.3 Å². The molecule has 0 fully saturated rings. The van der Waals surface area contributed by atoms with Crippen molar-refractivity contribution < 1.29 is 4.39 Å². The third kappa shape index (κ3) is 1.47. The quantitative estimate of drug-likeness (QED) is 0.803. The smallest absolute Gasteiger partial charge is 0.194 e. The summed E-state index contributed by atoms with van der Waals surface area (Å²) in [6.07, 6.45) is 3.38. The molecule has 0 radical (unpaired) electrons. The predicted octanol–water partition coefficient (Wildman–Crippen LogP) is 1.02. The third-order valence-corrected chi connectivity index (χ3v) is 2.27. The van der Waals surface area contributed by atoms with E-state index in [2.05, 4.69) is 10.1 Å². The van der Waals surface area contributed by atoms with E-state index >= 15 is 0 Å². The van der Waals surface area contributed by atoms with Crippen LogP contribution in [-0.2, 0) is 13.6 Å². The van der Waals surface area contributed by atoms with Crippen LogP contribution in [0.1, 0.15) is 6.92 Å². The van der Waals surface area contributed by atoms with Gasteiger partial charge in [-0.25, -0.2) is 14.1 Å². The molecule has 0 bridgehead atoms. The molecular formula is C9H12FN5. The fourth-order valence-electron chi connectivity index (χ4n) is 1.33. The lowest BCUT2D eigenvalue weighted by Gasteiger charge is -1.91. The van der Waals surface area contributed by atoms with Crippen molar-refractivity contribution in [2.75, 3.05) is 5.73 Å². The second-order valence-corrected chi connectivity index (χ2v) is 3.26. The van der Waals surface area contributed by atoms with Crippen molar-refractivity contribution in [3.05, 3.63) is 18.3 Å². The average molecular weight is 209 g/mol. The Balaban J connectivity index is 2.49. The first-order chi connectivity index (χ1) is 7.13. The Morgan fingerprint density at radius 1 is 1.53 bits per heavy atom. The lowest BCUT2D eigenvalue weighted by atomic mass is 10.3. The zero-order valence-corrected chi connectivity index (χ0v) is 8.61. The number of hydrogen-bond donors (Lipinski definition) is 1. The van der Waals surface area contributed by atoms with E-state index < -0.39 is 5.82 Å². The molecule has 2 heterocycles. The number of nitrogens with zero attached hydrogens (tertiary/aromatic N) is 4. The summed E-state index contributed by atoms with van der Waals surface area (Å²) in [5, 5.41) is 3.97. The second-order valence-electron chi connectivity index (χ2n) is 3.26. The molecule has 0 spiro atoms. The second kappa shape index (κ2) is 3.38. The monoisotopic (exact) mass is 209 g/mol. The largest absolute Gasteiger partial charge is 0.381 e. The molecule has 2 aromatic rings. The van der Waals surface area contributed by atoms with E-state index in [9.17, 15) is 4.39 Å². The van der Waals surface area contributed by atoms with E-state index in [1.807, 2.05) is 11.5 Å². The predicted molar refractivity (Wildman–Crippen MR) is 54.5 cm³/mol. The Morgan fingerprint density at radius 2 is 2.27 bits per heavy atom. The van der Waals surface area contributed by atoms with Crippen molar-refractivity contribution in [3.8, 4) is 11.4 Å². The maximum Gasteiger partial charge on any atom is 0.194 e. The van der Waals surface area contributed by atoms with E-state index in [0.717, 1.165) is 6.54 Å². The van der Waals surface area contributed by atoms with Gasteiger partial charge in [-0.15, -0.1) is 0 Å². The molecule has 0 unspecified atom stereocenters. The van der Waals surface area contributed by atoms with Crippen molar-refractivity contribution in [1.82, 2.24) is 19.3 Å². The Morgan fingerprint density at radius 3 is 2.73 bits per heavy atom. The van der Waals surface area contributed by atoms with Gasteiger partial charge in [0.2, 0.25) is 0 Å². The average Bonchev–Trinajstić information content (AvgIpc) is 2.79. The van der Waals surface area contributed by atoms with Crippen molar-refractivity contribution in [2.24, 2.45) is 7.05 Å². The molecule has 0 aromatic carbocycles. The first kappa shape index (κ1) is 9.70. The zero-order valence-electron chi connectivity index (χ0n) is 8.61. The van der Waals surface area contributed by atoms with E-state index in [0.29, 0.717) is 5.69 Å². The van der Waals surface area contributed by atoms with Crippen molar-refractivity contribution in [3.63, 3.8) is 0 Å². The van der Waals surface area contributed by atoms with Gasteiger partial charge in [0.1, 0.15) is 5.69 Å². The third-order valence-electron chi connectivity index (χ3n) is 2.27. The minimum atomic E-state index is -0.515. The summed E-state index contributed by atoms with van der Waals surface area (Å²) in [7, 11) is 1.60. The maximum atomic E-state index is 13.6. The summed E-state index contributed by atoms with van der Waals surface area (Å²) in [5.41, 5.74) is 6.17. The molecule has 0 amide bonds. The summed E-state index contributed by atoms with van der Waals surface area (Å²) < 4.78 is 16.7. The molecule has 2 aromatic heterocycles. The van der Waals surface area contributed by atoms with Crippen LogP contribution < -0.4 is 5.73 Å². The number of nitrogens with two attached hydrogens (primary N) is 1. The van der Waals surface area contributed by atoms with Crippen LogP contribution >= 0.6 is 0 Å². The van der Waals surface area contributed by atoms with Gasteiger partial charge in [0.15, 0.2) is 17.3 Å². The van der Waals surface area contributed by atoms with Crippen molar-refractivity contribution >= 4 is 5.82 Å². The molecule has 0 saturated carbocycles. The molecule has 2 rings (SSSR count). The Kier molecular flexibility index (Phi) is 2.18. The van der Waals surface area contributed by atoms with Gasteiger partial charge >= 0.3 is 0 Å². The molecule has 5 nitrogen and oxygen atoms in total. The van der Waals surface area contributed by atoms with Crippen LogP contribution in [0.2, 0.25) is 0 Å². The van der Waals surface area contributed by atoms with E-state index in [1.54, 1.807) is 19.6 Å². The normalized spacial score (nSPS) is 10.9. The fourth-order valence-corrected chi connectivity index (χ4v) is 1.33. The molecule has 0 aliphatic carbocycles. The number of aromatic nitrogens is 4. The first-order valence-electron chi connectivity index (χ1n) is 4.63. The number of imidazole rings is 1. The number of aryl methyl sites for hydroxylation is 2. The highest BCUT2D eigenvalue weighted by Crippen LogP contribution is 2.22. The van der Waals surface area contributed by atoms with Crippen LogP contribution in [0.15, 0.2) is 12.5 Å². The topological polar surface area (TPSA) is 61.7 Å². The highest BCUT2D eigenvalue weighted by Gasteiger charge is 2.16. The Bertz CT molecular complexity index is 485. The van der Waals surface area contributed by atoms with E-state index in [-0.39, 0.29) is 11.5 Å². The molecule has 0 aliphatic rings. The van der Waals surface area contributed by atoms with Gasteiger partial charge in [-0.05, 0) is 6.92 Å². The van der Waals surface area contributed by atoms with Gasteiger partial charge in [0, 0.05) is 19.8 Å². The van der Waals surface area contributed by atoms with E-state index in [1.165, 1.54) is 4.68 Å². The highest BCUT2D eigenvalue weighted by molar-refractivity contribution is 5.58. The SMILES string of the molecule is CCn1cnc(-c2nn(C)c(N)c2F)c1. The Labute approximate surface area is 86.3 Å². The van der Waals surface area contributed by atoms with Gasteiger partial charge in [-0.2, -0.15) is 5.10 Å². The number of rotatable bonds is 2. The van der Waals surface area contributed by atoms with Crippen LogP contribution in [0.5, 0.6) is 0 Å². The molecule has 0 atom stereocenters.